The van der Waals surface area contributed by atoms with E-state index in [-0.39, 0.29) is 106 Å². The SMILES string of the molecule is CN[C@@H]1[C@H](C)O[C@@H](O[C@@H]2C(=O)OCc3cccc4[nH]c5c(c34)COC2[C@@H]2NC(=O)c3csc(n3)C(=C(C)OC)NC(=O)[C@H]([C@@H](C)O)NC(=O)c3csc(n3)-c3cc(O)c(-c4nc(C(=O)NCCN6CCOCC6)cs4)nc3-c3csc(n3)[C@H](COC5=O)NC(=O)c3csc2n3)C[C@]1(C)O. The van der Waals surface area contributed by atoms with Crippen LogP contribution in [0.2, 0.25) is 0 Å². The summed E-state index contributed by atoms with van der Waals surface area (Å²) in [4.78, 5) is 136. The van der Waals surface area contributed by atoms with Gasteiger partial charge in [0.1, 0.15) is 125 Å². The lowest BCUT2D eigenvalue weighted by Gasteiger charge is -2.45. The molecule has 7 aromatic heterocycles. The van der Waals surface area contributed by atoms with Gasteiger partial charge in [-0.1, -0.05) is 12.1 Å². The lowest BCUT2D eigenvalue weighted by molar-refractivity contribution is -0.272. The average Bonchev–Trinajstić information content (AvgIpc) is 1.74. The van der Waals surface area contributed by atoms with Gasteiger partial charge in [0.05, 0.1) is 50.8 Å². The third kappa shape index (κ3) is 14.3. The fraction of sp³-hybridized carbons (Fsp3) is 0.413. The molecule has 2 fully saturated rings. The molecule has 10 N–H and O–H groups in total. The topological polar surface area (TPSA) is 413 Å². The molecule has 5 aliphatic rings. The number of aromatic nitrogens is 7. The molecule has 99 heavy (non-hydrogen) atoms. The Hall–Kier alpha value is -8.63. The van der Waals surface area contributed by atoms with Crippen molar-refractivity contribution in [2.75, 3.05) is 60.2 Å². The van der Waals surface area contributed by atoms with Crippen molar-refractivity contribution in [2.45, 2.75) is 108 Å². The Balaban J connectivity index is 0.953. The molecule has 12 heterocycles. The van der Waals surface area contributed by atoms with Crippen LogP contribution in [-0.2, 0) is 56.0 Å². The van der Waals surface area contributed by atoms with E-state index in [2.05, 4.69) is 56.7 Å². The van der Waals surface area contributed by atoms with Gasteiger partial charge in [-0.05, 0) is 52.4 Å². The van der Waals surface area contributed by atoms with E-state index in [1.165, 1.54) is 48.5 Å². The van der Waals surface area contributed by atoms with Crippen molar-refractivity contribution in [3.63, 3.8) is 0 Å². The summed E-state index contributed by atoms with van der Waals surface area (Å²) in [7, 11) is 2.99. The van der Waals surface area contributed by atoms with Gasteiger partial charge in [-0.15, -0.1) is 56.7 Å². The molecule has 2 saturated heterocycles. The number of morpholine rings is 1. The number of hydrogen-bond acceptors (Lipinski definition) is 30. The average molecular weight is 1450 g/mol. The van der Waals surface area contributed by atoms with Crippen LogP contribution in [0.1, 0.15) is 125 Å². The van der Waals surface area contributed by atoms with Crippen molar-refractivity contribution in [1.82, 2.24) is 71.7 Å². The number of pyridine rings is 1. The number of ether oxygens (including phenoxy) is 7. The van der Waals surface area contributed by atoms with E-state index in [1.54, 1.807) is 44.5 Å². The Morgan fingerprint density at radius 1 is 0.838 bits per heavy atom. The number of aliphatic hydroxyl groups excluding tert-OH is 1. The van der Waals surface area contributed by atoms with E-state index in [4.69, 9.17) is 48.1 Å². The number of likely N-dealkylation sites (N-methyl/N-ethyl adjacent to an activating group) is 1. The summed E-state index contributed by atoms with van der Waals surface area (Å²) in [5, 5.41) is 60.2. The zero-order valence-corrected chi connectivity index (χ0v) is 57.8. The second-order valence-electron chi connectivity index (χ2n) is 24.0. The minimum Gasteiger partial charge on any atom is -0.506 e. The zero-order valence-electron chi connectivity index (χ0n) is 53.7. The zero-order chi connectivity index (χ0) is 69.6. The second-order valence-corrected chi connectivity index (χ2v) is 28.3. The first-order valence-corrected chi connectivity index (χ1v) is 35.6. The molecule has 0 saturated carbocycles. The number of cyclic esters (lactones) is 2. The molecule has 10 atom stereocenters. The normalized spacial score (nSPS) is 25.1. The molecule has 8 aromatic rings. The van der Waals surface area contributed by atoms with Crippen molar-refractivity contribution in [2.24, 2.45) is 0 Å². The van der Waals surface area contributed by atoms with Crippen LogP contribution in [0.5, 0.6) is 5.75 Å². The van der Waals surface area contributed by atoms with Crippen molar-refractivity contribution < 1.29 is 82.0 Å². The van der Waals surface area contributed by atoms with E-state index in [9.17, 15) is 39.3 Å². The van der Waals surface area contributed by atoms with Crippen LogP contribution in [0.25, 0.3) is 49.3 Å². The van der Waals surface area contributed by atoms with Gasteiger partial charge in [0, 0.05) is 81.5 Å². The maximum Gasteiger partial charge on any atom is 0.355 e. The third-order valence-corrected chi connectivity index (χ3v) is 21.7. The number of carbonyl (C=O) groups is 7. The molecule has 0 aliphatic carbocycles. The number of allylic oxidation sites excluding steroid dienone is 1. The summed E-state index contributed by atoms with van der Waals surface area (Å²) in [5.41, 5.74) is -0.807. The smallest absolute Gasteiger partial charge is 0.355 e. The van der Waals surface area contributed by atoms with Crippen LogP contribution in [-0.4, -0.2) is 205 Å². The maximum absolute atomic E-state index is 15.2. The molecular formula is C63H66N14O17S5. The molecule has 5 amide bonds. The van der Waals surface area contributed by atoms with E-state index in [0.29, 0.717) is 42.8 Å². The number of esters is 2. The number of aromatic amines is 1. The van der Waals surface area contributed by atoms with Gasteiger partial charge in [0.25, 0.3) is 23.6 Å². The van der Waals surface area contributed by atoms with Gasteiger partial charge in [-0.25, -0.2) is 39.5 Å². The Labute approximate surface area is 583 Å². The van der Waals surface area contributed by atoms with Crippen LogP contribution in [0, 0.1) is 0 Å². The molecule has 13 rings (SSSR count). The first-order chi connectivity index (χ1) is 47.6. The Kier molecular flexibility index (Phi) is 20.1. The van der Waals surface area contributed by atoms with Gasteiger partial charge in [-0.2, -0.15) is 0 Å². The van der Waals surface area contributed by atoms with Gasteiger partial charge in [-0.3, -0.25) is 28.9 Å². The van der Waals surface area contributed by atoms with Crippen LogP contribution in [0.15, 0.2) is 56.9 Å². The molecule has 31 nitrogen and oxygen atoms in total. The van der Waals surface area contributed by atoms with E-state index >= 15 is 9.59 Å². The Morgan fingerprint density at radius 2 is 1.54 bits per heavy atom. The van der Waals surface area contributed by atoms with E-state index in [0.717, 1.165) is 69.8 Å². The predicted molar refractivity (Wildman–Crippen MR) is 358 cm³/mol. The molecule has 1 unspecified atom stereocenters. The largest absolute Gasteiger partial charge is 0.506 e. The highest BCUT2D eigenvalue weighted by Crippen LogP contribution is 2.43. The number of carbonyl (C=O) groups excluding carboxylic acids is 7. The van der Waals surface area contributed by atoms with Crippen LogP contribution < -0.4 is 31.9 Å². The number of nitrogens with one attached hydrogen (secondary N) is 7. The van der Waals surface area contributed by atoms with Gasteiger partial charge in [0.2, 0.25) is 5.91 Å². The fourth-order valence-electron chi connectivity index (χ4n) is 12.2. The summed E-state index contributed by atoms with van der Waals surface area (Å²) in [5.74, 6) is -6.22. The molecule has 36 heteroatoms. The number of nitrogens with zero attached hydrogens (tertiary/aromatic N) is 7. The molecule has 520 valence electrons. The molecule has 0 spiro atoms. The van der Waals surface area contributed by atoms with Crippen LogP contribution in [0.3, 0.4) is 0 Å². The number of hydrogen-bond donors (Lipinski definition) is 10. The third-order valence-electron chi connectivity index (χ3n) is 17.3. The lowest BCUT2D eigenvalue weighted by Crippen LogP contribution is -2.61. The highest BCUT2D eigenvalue weighted by atomic mass is 32.1. The number of methoxy groups -OCH3 is 1. The van der Waals surface area contributed by atoms with E-state index < -0.39 is 121 Å². The minimum absolute atomic E-state index is 0.0118. The Morgan fingerprint density at radius 3 is 2.29 bits per heavy atom. The van der Waals surface area contributed by atoms with Crippen molar-refractivity contribution in [3.8, 4) is 38.4 Å². The number of rotatable bonds is 10. The number of aromatic hydroxyl groups is 1. The summed E-state index contributed by atoms with van der Waals surface area (Å²) in [6.07, 6.45) is -7.24. The first-order valence-electron chi connectivity index (χ1n) is 31.2. The summed E-state index contributed by atoms with van der Waals surface area (Å²) in [6.45, 7) is 8.29. The molecule has 12 bridgehead atoms. The number of thiazole rings is 5. The second kappa shape index (κ2) is 28.9. The maximum atomic E-state index is 15.2. The number of H-pyrrole nitrogens is 1. The summed E-state index contributed by atoms with van der Waals surface area (Å²) < 4.78 is 43.2. The highest BCUT2D eigenvalue weighted by molar-refractivity contribution is 7.14. The van der Waals surface area contributed by atoms with E-state index in [1.807, 2.05) is 0 Å². The molecule has 5 aliphatic heterocycles. The molecule has 1 aromatic carbocycles. The predicted octanol–water partition coefficient (Wildman–Crippen LogP) is 4.17. The summed E-state index contributed by atoms with van der Waals surface area (Å²) in [6, 6.07) is 1.40. The first kappa shape index (κ1) is 68.9. The number of aliphatic hydroxyl groups is 2. The fourth-order valence-corrected chi connectivity index (χ4v) is 16.4. The van der Waals surface area contributed by atoms with Crippen LogP contribution >= 0.6 is 56.7 Å². The number of benzene rings is 1. The van der Waals surface area contributed by atoms with Crippen molar-refractivity contribution >= 4 is 115 Å². The van der Waals surface area contributed by atoms with Gasteiger partial charge < -0.3 is 85.4 Å². The number of fused-ring (bicyclic) bond motifs is 15. The van der Waals surface area contributed by atoms with Crippen LogP contribution in [0.4, 0.5) is 0 Å². The van der Waals surface area contributed by atoms with Gasteiger partial charge in [0.15, 0.2) is 12.4 Å². The monoisotopic (exact) mass is 1450 g/mol. The number of amides is 5. The highest BCUT2D eigenvalue weighted by Gasteiger charge is 2.49. The summed E-state index contributed by atoms with van der Waals surface area (Å²) >= 11 is 4.86. The van der Waals surface area contributed by atoms with Crippen molar-refractivity contribution in [3.05, 3.63) is 112 Å². The van der Waals surface area contributed by atoms with Gasteiger partial charge >= 0.3 is 11.9 Å². The van der Waals surface area contributed by atoms with Crippen molar-refractivity contribution in [1.29, 1.82) is 0 Å². The molecule has 0 radical (unpaired) electrons. The quantitative estimate of drug-likeness (QED) is 0.0678. The Bertz CT molecular complexity index is 4480. The lowest BCUT2D eigenvalue weighted by atomic mass is 9.86. The molecular weight excluding hydrogens is 1390 g/mol. The standard InChI is InChI=1S/C63H66N14O17S5/c1-26(78)42-55(84)75-43(27(2)88-6)58-71-38(25-97-58)54(83)76-47-48-49(94-40-17-63(4,87)50(64-5)28(3)93-40)62(86)91-18-29-8-7-9-32-41(29)31(19-90-48)45(66-32)61(85)92-20-33(67-52(81)36-24-99-60(47)72-36)57-68-34(21-96-57)44-30(56-69-37(23-95-56)53(82)74-42)16-39(79)46(73-44)59-70-35(22-98-59)51(80)65-10-11-77-12-14-89-15-13-77/h7-9,16,21-26,28,33,40,42,47-50,64,66,78-79,87H,10-15,17-20H2,1-6H3,(H,65,80)(H,67,81)(H,74,82)(H,75,84)(H,76,83)/t26-,28+,33+,40+,42+,47+,48?,49+,50-,63+/m1/s1. The minimum atomic E-state index is -1.84.